The summed E-state index contributed by atoms with van der Waals surface area (Å²) in [6.07, 6.45) is 7.25. The molecule has 6 nitrogen and oxygen atoms in total. The van der Waals surface area contributed by atoms with Gasteiger partial charge >= 0.3 is 0 Å². The third-order valence-corrected chi connectivity index (χ3v) is 4.89. The van der Waals surface area contributed by atoms with Crippen molar-refractivity contribution in [2.45, 2.75) is 20.4 Å². The summed E-state index contributed by atoms with van der Waals surface area (Å²) in [5.41, 5.74) is 2.01. The molecule has 0 saturated heterocycles. The Morgan fingerprint density at radius 1 is 1.48 bits per heavy atom. The molecule has 0 amide bonds. The van der Waals surface area contributed by atoms with Crippen LogP contribution >= 0.6 is 11.3 Å². The minimum Gasteiger partial charge on any atom is -0.497 e. The number of hydrogen-bond acceptors (Lipinski definition) is 5. The first kappa shape index (κ1) is 17.2. The fourth-order valence-electron chi connectivity index (χ4n) is 2.78. The molecule has 3 heterocycles. The lowest BCUT2D eigenvalue weighted by Crippen LogP contribution is -2.24. The van der Waals surface area contributed by atoms with Gasteiger partial charge in [-0.1, -0.05) is 12.7 Å². The van der Waals surface area contributed by atoms with Gasteiger partial charge in [0.1, 0.15) is 11.3 Å². The second-order valence-corrected chi connectivity index (χ2v) is 6.93. The van der Waals surface area contributed by atoms with Crippen LogP contribution in [0.5, 0.6) is 0 Å². The van der Waals surface area contributed by atoms with Gasteiger partial charge in [0.25, 0.3) is 5.56 Å². The summed E-state index contributed by atoms with van der Waals surface area (Å²) in [6, 6.07) is 0. The lowest BCUT2D eigenvalue weighted by molar-refractivity contribution is 0.306. The Morgan fingerprint density at radius 3 is 2.92 bits per heavy atom. The van der Waals surface area contributed by atoms with E-state index in [0.717, 1.165) is 26.3 Å². The Balaban J connectivity index is 2.04. The minimum absolute atomic E-state index is 0.151. The highest BCUT2D eigenvalue weighted by atomic mass is 32.1. The van der Waals surface area contributed by atoms with E-state index in [4.69, 9.17) is 4.74 Å². The predicted molar refractivity (Wildman–Crippen MR) is 102 cm³/mol. The average molecular weight is 356 g/mol. The molecular formula is C18H20N4O2S. The van der Waals surface area contributed by atoms with E-state index in [1.54, 1.807) is 30.7 Å². The van der Waals surface area contributed by atoms with Crippen molar-refractivity contribution in [2.75, 3.05) is 7.11 Å². The van der Waals surface area contributed by atoms with Crippen LogP contribution in [0.4, 0.5) is 0 Å². The van der Waals surface area contributed by atoms with Crippen LogP contribution < -0.4 is 5.56 Å². The second kappa shape index (κ2) is 6.68. The van der Waals surface area contributed by atoms with Crippen LogP contribution in [0, 0.1) is 6.92 Å². The molecule has 25 heavy (non-hydrogen) atoms. The molecular weight excluding hydrogens is 336 g/mol. The van der Waals surface area contributed by atoms with Crippen LogP contribution in [-0.2, 0) is 18.3 Å². The number of ether oxygens (including phenoxy) is 1. The van der Waals surface area contributed by atoms with Crippen molar-refractivity contribution in [3.05, 3.63) is 57.7 Å². The summed E-state index contributed by atoms with van der Waals surface area (Å²) in [7, 11) is 3.46. The third-order valence-electron chi connectivity index (χ3n) is 3.90. The quantitative estimate of drug-likeness (QED) is 0.520. The molecule has 0 bridgehead atoms. The zero-order valence-electron chi connectivity index (χ0n) is 14.7. The van der Waals surface area contributed by atoms with Crippen molar-refractivity contribution >= 4 is 32.6 Å². The molecule has 0 atom stereocenters. The van der Waals surface area contributed by atoms with E-state index in [1.165, 1.54) is 4.68 Å². The van der Waals surface area contributed by atoms with E-state index in [9.17, 15) is 4.79 Å². The molecule has 0 aliphatic rings. The molecule has 3 aromatic rings. The Labute approximate surface area is 149 Å². The van der Waals surface area contributed by atoms with E-state index < -0.39 is 0 Å². The van der Waals surface area contributed by atoms with E-state index in [1.807, 2.05) is 37.6 Å². The zero-order chi connectivity index (χ0) is 18.1. The number of aromatic nitrogens is 4. The van der Waals surface area contributed by atoms with Gasteiger partial charge in [0.2, 0.25) is 0 Å². The molecule has 0 spiro atoms. The van der Waals surface area contributed by atoms with Crippen LogP contribution in [0.15, 0.2) is 47.1 Å². The maximum absolute atomic E-state index is 12.9. The molecule has 7 heteroatoms. The summed E-state index contributed by atoms with van der Waals surface area (Å²) < 4.78 is 9.51. The molecule has 130 valence electrons. The van der Waals surface area contributed by atoms with Crippen LogP contribution in [0.2, 0.25) is 0 Å². The number of methoxy groups -OCH3 is 1. The maximum atomic E-state index is 12.9. The molecule has 0 aromatic carbocycles. The Bertz CT molecular complexity index is 1080. The first-order chi connectivity index (χ1) is 12.0. The van der Waals surface area contributed by atoms with Gasteiger partial charge in [0, 0.05) is 12.4 Å². The SMILES string of the molecule is C=C(/C=C(\C=C/C)OC)Cn1ncc2c3sc(C)nc3n(C)c2c1=O. The van der Waals surface area contributed by atoms with Gasteiger partial charge in [0.15, 0.2) is 5.65 Å². The van der Waals surface area contributed by atoms with Crippen molar-refractivity contribution in [1.82, 2.24) is 19.3 Å². The Kier molecular flexibility index (Phi) is 4.59. The van der Waals surface area contributed by atoms with Gasteiger partial charge in [-0.05, 0) is 31.6 Å². The molecule has 0 fully saturated rings. The molecule has 0 aliphatic carbocycles. The minimum atomic E-state index is -0.151. The first-order valence-corrected chi connectivity index (χ1v) is 8.65. The molecule has 0 radical (unpaired) electrons. The number of rotatable bonds is 5. The van der Waals surface area contributed by atoms with Gasteiger partial charge in [-0.15, -0.1) is 11.3 Å². The van der Waals surface area contributed by atoms with E-state index in [2.05, 4.69) is 16.7 Å². The lowest BCUT2D eigenvalue weighted by Gasteiger charge is -2.07. The summed E-state index contributed by atoms with van der Waals surface area (Å²) in [6.45, 7) is 8.16. The van der Waals surface area contributed by atoms with E-state index in [0.29, 0.717) is 17.8 Å². The Morgan fingerprint density at radius 2 is 2.24 bits per heavy atom. The smallest absolute Gasteiger partial charge is 0.291 e. The first-order valence-electron chi connectivity index (χ1n) is 7.84. The van der Waals surface area contributed by atoms with Gasteiger partial charge in [-0.2, -0.15) is 5.10 Å². The number of thiazole rings is 1. The van der Waals surface area contributed by atoms with Crippen LogP contribution in [-0.4, -0.2) is 26.4 Å². The predicted octanol–water partition coefficient (Wildman–Crippen LogP) is 3.32. The largest absolute Gasteiger partial charge is 0.497 e. The van der Waals surface area contributed by atoms with Gasteiger partial charge in [-0.25, -0.2) is 9.67 Å². The molecule has 0 saturated carbocycles. The fourth-order valence-corrected chi connectivity index (χ4v) is 3.75. The Hall–Kier alpha value is -2.67. The van der Waals surface area contributed by atoms with Crippen molar-refractivity contribution in [3.63, 3.8) is 0 Å². The monoisotopic (exact) mass is 356 g/mol. The standard InChI is InChI=1S/C18H20N4O2S/c1-6-7-13(24-5)8-11(2)10-22-18(23)15-14(9-19-22)16-17(21(15)4)20-12(3)25-16/h6-9H,2,10H2,1,3-5H3/b7-6-,13-8+. The van der Waals surface area contributed by atoms with E-state index in [-0.39, 0.29) is 5.56 Å². The highest BCUT2D eigenvalue weighted by molar-refractivity contribution is 7.19. The van der Waals surface area contributed by atoms with E-state index >= 15 is 0 Å². The zero-order valence-corrected chi connectivity index (χ0v) is 15.6. The van der Waals surface area contributed by atoms with Gasteiger partial charge < -0.3 is 9.30 Å². The van der Waals surface area contributed by atoms with Crippen molar-refractivity contribution in [1.29, 1.82) is 0 Å². The number of allylic oxidation sites excluding steroid dienone is 4. The van der Waals surface area contributed by atoms with Crippen molar-refractivity contribution in [2.24, 2.45) is 7.05 Å². The molecule has 3 rings (SSSR count). The van der Waals surface area contributed by atoms with Gasteiger partial charge in [0.05, 0.1) is 29.6 Å². The van der Waals surface area contributed by atoms with Crippen LogP contribution in [0.1, 0.15) is 11.9 Å². The van der Waals surface area contributed by atoms with Gasteiger partial charge in [-0.3, -0.25) is 4.79 Å². The summed E-state index contributed by atoms with van der Waals surface area (Å²) in [5, 5.41) is 6.14. The molecule has 3 aromatic heterocycles. The fraction of sp³-hybridized carbons (Fsp3) is 0.278. The number of fused-ring (bicyclic) bond motifs is 3. The topological polar surface area (TPSA) is 61.9 Å². The second-order valence-electron chi connectivity index (χ2n) is 5.72. The average Bonchev–Trinajstić information content (AvgIpc) is 3.07. The maximum Gasteiger partial charge on any atom is 0.291 e. The third kappa shape index (κ3) is 3.02. The highest BCUT2D eigenvalue weighted by Gasteiger charge is 2.17. The van der Waals surface area contributed by atoms with Crippen LogP contribution in [0.25, 0.3) is 21.3 Å². The van der Waals surface area contributed by atoms with Crippen molar-refractivity contribution < 1.29 is 4.74 Å². The molecule has 0 unspecified atom stereocenters. The lowest BCUT2D eigenvalue weighted by atomic mass is 10.2. The normalized spacial score (nSPS) is 12.6. The summed E-state index contributed by atoms with van der Waals surface area (Å²) in [4.78, 5) is 17.4. The highest BCUT2D eigenvalue weighted by Crippen LogP contribution is 2.30. The van der Waals surface area contributed by atoms with Crippen molar-refractivity contribution in [3.8, 4) is 0 Å². The summed E-state index contributed by atoms with van der Waals surface area (Å²) >= 11 is 1.58. The number of aryl methyl sites for hydroxylation is 2. The number of hydrogen-bond donors (Lipinski definition) is 0. The number of nitrogens with zero attached hydrogens (tertiary/aromatic N) is 4. The molecule has 0 N–H and O–H groups in total. The summed E-state index contributed by atoms with van der Waals surface area (Å²) in [5.74, 6) is 0.681. The van der Waals surface area contributed by atoms with Crippen LogP contribution in [0.3, 0.4) is 0 Å². The molecule has 0 aliphatic heterocycles.